The summed E-state index contributed by atoms with van der Waals surface area (Å²) in [7, 11) is 1.64. The molecule has 0 aromatic carbocycles. The summed E-state index contributed by atoms with van der Waals surface area (Å²) >= 11 is 5.51. The molecule has 0 aliphatic rings. The molecule has 16 heavy (non-hydrogen) atoms. The molecule has 0 radical (unpaired) electrons. The van der Waals surface area contributed by atoms with Gasteiger partial charge in [-0.3, -0.25) is 9.59 Å². The van der Waals surface area contributed by atoms with Crippen molar-refractivity contribution in [2.45, 2.75) is 19.3 Å². The molecule has 1 amide bonds. The minimum Gasteiger partial charge on any atom is -0.325 e. The number of aryl methyl sites for hydroxylation is 1. The van der Waals surface area contributed by atoms with Gasteiger partial charge in [-0.25, -0.2) is 0 Å². The second kappa shape index (κ2) is 6.33. The van der Waals surface area contributed by atoms with Gasteiger partial charge < -0.3 is 9.88 Å². The van der Waals surface area contributed by atoms with Gasteiger partial charge in [0.15, 0.2) is 0 Å². The van der Waals surface area contributed by atoms with E-state index in [1.54, 1.807) is 19.3 Å². The lowest BCUT2D eigenvalue weighted by Gasteiger charge is -2.05. The van der Waals surface area contributed by atoms with E-state index in [0.29, 0.717) is 18.0 Å². The Kier molecular flexibility index (Phi) is 5.05. The van der Waals surface area contributed by atoms with Gasteiger partial charge in [-0.2, -0.15) is 0 Å². The lowest BCUT2D eigenvalue weighted by atomic mass is 10.2. The third-order valence-corrected chi connectivity index (χ3v) is 2.42. The van der Waals surface area contributed by atoms with Crippen LogP contribution in [0.1, 0.15) is 19.3 Å². The van der Waals surface area contributed by atoms with Crippen molar-refractivity contribution in [3.8, 4) is 0 Å². The van der Waals surface area contributed by atoms with Crippen LogP contribution in [0.2, 0.25) is 0 Å². The van der Waals surface area contributed by atoms with Gasteiger partial charge in [-0.05, 0) is 18.9 Å². The monoisotopic (exact) mass is 242 g/mol. The zero-order chi connectivity index (χ0) is 12.0. The number of amides is 1. The third-order valence-electron chi connectivity index (χ3n) is 2.16. The Bertz CT molecular complexity index is 415. The van der Waals surface area contributed by atoms with Crippen molar-refractivity contribution in [3.63, 3.8) is 0 Å². The molecule has 1 N–H and O–H groups in total. The first-order chi connectivity index (χ1) is 7.63. The Morgan fingerprint density at radius 2 is 2.19 bits per heavy atom. The SMILES string of the molecule is Cn1cc(NC(=O)CCCCCl)ccc1=O. The van der Waals surface area contributed by atoms with Crippen molar-refractivity contribution in [2.24, 2.45) is 7.05 Å². The van der Waals surface area contributed by atoms with Gasteiger partial charge in [0.05, 0.1) is 5.69 Å². The molecule has 0 fully saturated rings. The Balaban J connectivity index is 2.50. The maximum Gasteiger partial charge on any atom is 0.250 e. The average Bonchev–Trinajstić information content (AvgIpc) is 2.24. The number of pyridine rings is 1. The van der Waals surface area contributed by atoms with Crippen molar-refractivity contribution in [1.82, 2.24) is 4.57 Å². The van der Waals surface area contributed by atoms with Crippen molar-refractivity contribution in [3.05, 3.63) is 28.7 Å². The molecule has 0 saturated heterocycles. The van der Waals surface area contributed by atoms with E-state index in [2.05, 4.69) is 5.32 Å². The number of alkyl halides is 1. The van der Waals surface area contributed by atoms with Gasteiger partial charge >= 0.3 is 0 Å². The number of hydrogen-bond acceptors (Lipinski definition) is 2. The molecule has 0 bridgehead atoms. The molecule has 0 aliphatic carbocycles. The Morgan fingerprint density at radius 1 is 1.44 bits per heavy atom. The van der Waals surface area contributed by atoms with E-state index < -0.39 is 0 Å². The van der Waals surface area contributed by atoms with Gasteiger partial charge in [0.25, 0.3) is 0 Å². The standard InChI is InChI=1S/C11H15ClN2O2/c1-14-8-9(5-6-11(14)16)13-10(15)4-2-3-7-12/h5-6,8H,2-4,7H2,1H3,(H,13,15). The molecule has 0 spiro atoms. The van der Waals surface area contributed by atoms with E-state index in [0.717, 1.165) is 12.8 Å². The van der Waals surface area contributed by atoms with Gasteiger partial charge in [-0.15, -0.1) is 11.6 Å². The summed E-state index contributed by atoms with van der Waals surface area (Å²) < 4.78 is 1.42. The fourth-order valence-electron chi connectivity index (χ4n) is 1.27. The summed E-state index contributed by atoms with van der Waals surface area (Å²) in [6, 6.07) is 3.02. The maximum atomic E-state index is 11.4. The van der Waals surface area contributed by atoms with Crippen LogP contribution in [0.3, 0.4) is 0 Å². The minimum atomic E-state index is -0.0971. The molecular weight excluding hydrogens is 228 g/mol. The third kappa shape index (κ3) is 4.06. The first-order valence-corrected chi connectivity index (χ1v) is 5.69. The van der Waals surface area contributed by atoms with Gasteiger partial charge in [0.2, 0.25) is 11.5 Å². The lowest BCUT2D eigenvalue weighted by Crippen LogP contribution is -2.17. The van der Waals surface area contributed by atoms with Crippen LogP contribution in [0.25, 0.3) is 0 Å². The summed E-state index contributed by atoms with van der Waals surface area (Å²) in [4.78, 5) is 22.5. The maximum absolute atomic E-state index is 11.4. The van der Waals surface area contributed by atoms with E-state index in [1.165, 1.54) is 10.6 Å². The van der Waals surface area contributed by atoms with E-state index in [1.807, 2.05) is 0 Å². The van der Waals surface area contributed by atoms with Gasteiger partial charge in [0, 0.05) is 31.6 Å². The average molecular weight is 243 g/mol. The predicted molar refractivity (Wildman–Crippen MR) is 64.9 cm³/mol. The van der Waals surface area contributed by atoms with E-state index in [-0.39, 0.29) is 11.5 Å². The molecule has 0 saturated carbocycles. The van der Waals surface area contributed by atoms with Crippen LogP contribution >= 0.6 is 11.6 Å². The highest BCUT2D eigenvalue weighted by Crippen LogP contribution is 2.05. The molecule has 4 nitrogen and oxygen atoms in total. The van der Waals surface area contributed by atoms with Crippen LogP contribution in [-0.4, -0.2) is 16.4 Å². The normalized spacial score (nSPS) is 10.1. The second-order valence-corrected chi connectivity index (χ2v) is 3.94. The van der Waals surface area contributed by atoms with E-state index in [4.69, 9.17) is 11.6 Å². The summed E-state index contributed by atoms with van der Waals surface area (Å²) in [6.45, 7) is 0. The number of carbonyl (C=O) groups excluding carboxylic acids is 1. The van der Waals surface area contributed by atoms with Crippen LogP contribution < -0.4 is 10.9 Å². The van der Waals surface area contributed by atoms with Crippen LogP contribution in [0, 0.1) is 0 Å². The molecule has 5 heteroatoms. The van der Waals surface area contributed by atoms with Crippen LogP contribution in [0.5, 0.6) is 0 Å². The minimum absolute atomic E-state index is 0.0521. The van der Waals surface area contributed by atoms with Gasteiger partial charge in [0.1, 0.15) is 0 Å². The lowest BCUT2D eigenvalue weighted by molar-refractivity contribution is -0.116. The number of rotatable bonds is 5. The second-order valence-electron chi connectivity index (χ2n) is 3.56. The highest BCUT2D eigenvalue weighted by atomic mass is 35.5. The zero-order valence-electron chi connectivity index (χ0n) is 9.20. The first kappa shape index (κ1) is 12.8. The van der Waals surface area contributed by atoms with Crippen molar-refractivity contribution >= 4 is 23.2 Å². The summed E-state index contributed by atoms with van der Waals surface area (Å²) in [6.07, 6.45) is 3.67. The molecule has 0 unspecified atom stereocenters. The zero-order valence-corrected chi connectivity index (χ0v) is 9.96. The van der Waals surface area contributed by atoms with E-state index in [9.17, 15) is 9.59 Å². The Morgan fingerprint density at radius 3 is 2.81 bits per heavy atom. The fraction of sp³-hybridized carbons (Fsp3) is 0.455. The van der Waals surface area contributed by atoms with Gasteiger partial charge in [-0.1, -0.05) is 0 Å². The van der Waals surface area contributed by atoms with Crippen LogP contribution in [0.15, 0.2) is 23.1 Å². The summed E-state index contributed by atoms with van der Waals surface area (Å²) in [5.41, 5.74) is 0.540. The smallest absolute Gasteiger partial charge is 0.250 e. The van der Waals surface area contributed by atoms with Crippen molar-refractivity contribution in [2.75, 3.05) is 11.2 Å². The first-order valence-electron chi connectivity index (χ1n) is 5.16. The number of aromatic nitrogens is 1. The molecule has 0 atom stereocenters. The number of nitrogens with one attached hydrogen (secondary N) is 1. The van der Waals surface area contributed by atoms with Crippen LogP contribution in [-0.2, 0) is 11.8 Å². The molecule has 1 aromatic rings. The number of anilines is 1. The predicted octanol–water partition coefficient (Wildman–Crippen LogP) is 1.73. The molecule has 0 aliphatic heterocycles. The Labute approximate surface area is 99.2 Å². The Hall–Kier alpha value is -1.29. The van der Waals surface area contributed by atoms with E-state index >= 15 is 0 Å². The van der Waals surface area contributed by atoms with Crippen molar-refractivity contribution < 1.29 is 4.79 Å². The molecule has 1 rings (SSSR count). The molecular formula is C11H15ClN2O2. The molecule has 1 heterocycles. The summed E-state index contributed by atoms with van der Waals surface area (Å²) in [5, 5.41) is 2.73. The number of carbonyl (C=O) groups is 1. The molecule has 1 aromatic heterocycles. The summed E-state index contributed by atoms with van der Waals surface area (Å²) in [5.74, 6) is 0.524. The number of halogens is 1. The fourth-order valence-corrected chi connectivity index (χ4v) is 1.46. The highest BCUT2D eigenvalue weighted by Gasteiger charge is 2.02. The van der Waals surface area contributed by atoms with Crippen LogP contribution in [0.4, 0.5) is 5.69 Å². The highest BCUT2D eigenvalue weighted by molar-refractivity contribution is 6.17. The largest absolute Gasteiger partial charge is 0.325 e. The number of unbranched alkanes of at least 4 members (excludes halogenated alkanes) is 1. The number of nitrogens with zero attached hydrogens (tertiary/aromatic N) is 1. The molecule has 88 valence electrons. The topological polar surface area (TPSA) is 51.1 Å². The number of hydrogen-bond donors (Lipinski definition) is 1. The van der Waals surface area contributed by atoms with Crippen molar-refractivity contribution in [1.29, 1.82) is 0 Å². The quantitative estimate of drug-likeness (QED) is 0.632.